The van der Waals surface area contributed by atoms with Gasteiger partial charge in [-0.05, 0) is 51.1 Å². The average Bonchev–Trinajstić information content (AvgIpc) is 2.50. The second-order valence-electron chi connectivity index (χ2n) is 5.48. The average molecular weight is 243 g/mol. The SMILES string of the molecule is CCCN1CCCC(O)(C(C)CCOC)CC1. The largest absolute Gasteiger partial charge is 0.390 e. The van der Waals surface area contributed by atoms with Crippen LogP contribution >= 0.6 is 0 Å². The maximum Gasteiger partial charge on any atom is 0.0686 e. The third-order valence-corrected chi connectivity index (χ3v) is 4.16. The molecule has 0 radical (unpaired) electrons. The Balaban J connectivity index is 2.46. The molecule has 0 saturated carbocycles. The smallest absolute Gasteiger partial charge is 0.0686 e. The molecule has 0 amide bonds. The Bertz CT molecular complexity index is 210. The van der Waals surface area contributed by atoms with Crippen molar-refractivity contribution in [1.82, 2.24) is 4.90 Å². The number of likely N-dealkylation sites (tertiary alicyclic amines) is 1. The molecule has 1 saturated heterocycles. The first kappa shape index (κ1) is 14.9. The van der Waals surface area contributed by atoms with Gasteiger partial charge in [-0.15, -0.1) is 0 Å². The normalized spacial score (nSPS) is 28.9. The third kappa shape index (κ3) is 4.57. The number of ether oxygens (including phenoxy) is 1. The summed E-state index contributed by atoms with van der Waals surface area (Å²) in [6.07, 6.45) is 5.14. The minimum atomic E-state index is -0.471. The molecule has 0 aromatic carbocycles. The van der Waals surface area contributed by atoms with E-state index in [1.807, 2.05) is 0 Å². The monoisotopic (exact) mass is 243 g/mol. The van der Waals surface area contributed by atoms with Crippen LogP contribution in [0.4, 0.5) is 0 Å². The zero-order valence-corrected chi connectivity index (χ0v) is 11.7. The minimum Gasteiger partial charge on any atom is -0.390 e. The number of rotatable bonds is 6. The summed E-state index contributed by atoms with van der Waals surface area (Å²) in [6.45, 7) is 8.49. The minimum absolute atomic E-state index is 0.337. The van der Waals surface area contributed by atoms with E-state index >= 15 is 0 Å². The first-order valence-corrected chi connectivity index (χ1v) is 7.06. The highest BCUT2D eigenvalue weighted by atomic mass is 16.5. The van der Waals surface area contributed by atoms with Crippen molar-refractivity contribution in [2.75, 3.05) is 33.4 Å². The highest BCUT2D eigenvalue weighted by Crippen LogP contribution is 2.31. The summed E-state index contributed by atoms with van der Waals surface area (Å²) < 4.78 is 5.12. The van der Waals surface area contributed by atoms with E-state index in [1.54, 1.807) is 7.11 Å². The lowest BCUT2D eigenvalue weighted by atomic mass is 9.81. The van der Waals surface area contributed by atoms with Gasteiger partial charge in [0.15, 0.2) is 0 Å². The molecule has 2 atom stereocenters. The quantitative estimate of drug-likeness (QED) is 0.777. The summed E-state index contributed by atoms with van der Waals surface area (Å²) in [4.78, 5) is 2.49. The van der Waals surface area contributed by atoms with Crippen molar-refractivity contribution >= 4 is 0 Å². The molecular weight excluding hydrogens is 214 g/mol. The molecule has 3 nitrogen and oxygen atoms in total. The van der Waals surface area contributed by atoms with Crippen LogP contribution in [0.15, 0.2) is 0 Å². The first-order valence-electron chi connectivity index (χ1n) is 7.06. The molecule has 102 valence electrons. The molecule has 3 heteroatoms. The molecule has 0 aliphatic carbocycles. The fourth-order valence-electron chi connectivity index (χ4n) is 2.79. The molecule has 1 N–H and O–H groups in total. The van der Waals surface area contributed by atoms with Gasteiger partial charge in [-0.3, -0.25) is 0 Å². The Labute approximate surface area is 106 Å². The zero-order valence-electron chi connectivity index (χ0n) is 11.7. The Kier molecular flexibility index (Phi) is 6.45. The number of methoxy groups -OCH3 is 1. The van der Waals surface area contributed by atoms with E-state index in [9.17, 15) is 5.11 Å². The highest BCUT2D eigenvalue weighted by molar-refractivity contribution is 4.87. The van der Waals surface area contributed by atoms with Crippen LogP contribution in [-0.4, -0.2) is 49.0 Å². The van der Waals surface area contributed by atoms with E-state index in [4.69, 9.17) is 4.74 Å². The summed E-state index contributed by atoms with van der Waals surface area (Å²) in [5.74, 6) is 0.337. The van der Waals surface area contributed by atoms with Crippen LogP contribution in [0.3, 0.4) is 0 Å². The highest BCUT2D eigenvalue weighted by Gasteiger charge is 2.34. The topological polar surface area (TPSA) is 32.7 Å². The first-order chi connectivity index (χ1) is 8.12. The van der Waals surface area contributed by atoms with E-state index in [0.29, 0.717) is 5.92 Å². The van der Waals surface area contributed by atoms with Gasteiger partial charge in [0.2, 0.25) is 0 Å². The Morgan fingerprint density at radius 1 is 1.35 bits per heavy atom. The molecule has 1 aliphatic heterocycles. The Hall–Kier alpha value is -0.120. The zero-order chi connectivity index (χ0) is 12.7. The third-order valence-electron chi connectivity index (χ3n) is 4.16. The second-order valence-corrected chi connectivity index (χ2v) is 5.48. The molecule has 2 unspecified atom stereocenters. The maximum atomic E-state index is 10.8. The van der Waals surface area contributed by atoms with Gasteiger partial charge in [0.1, 0.15) is 0 Å². The van der Waals surface area contributed by atoms with Crippen molar-refractivity contribution in [2.24, 2.45) is 5.92 Å². The molecule has 0 aromatic heterocycles. The number of aliphatic hydroxyl groups is 1. The van der Waals surface area contributed by atoms with Crippen molar-refractivity contribution in [3.63, 3.8) is 0 Å². The van der Waals surface area contributed by atoms with Crippen LogP contribution < -0.4 is 0 Å². The van der Waals surface area contributed by atoms with Crippen molar-refractivity contribution in [2.45, 2.75) is 51.6 Å². The molecule has 1 aliphatic rings. The molecule has 0 aromatic rings. The molecule has 0 bridgehead atoms. The second kappa shape index (κ2) is 7.34. The van der Waals surface area contributed by atoms with Crippen molar-refractivity contribution in [3.8, 4) is 0 Å². The van der Waals surface area contributed by atoms with E-state index in [0.717, 1.165) is 45.4 Å². The standard InChI is InChI=1S/C14H29NO2/c1-4-9-15-10-5-7-14(16,8-11-15)13(2)6-12-17-3/h13,16H,4-12H2,1-3H3. The van der Waals surface area contributed by atoms with Gasteiger partial charge in [0.05, 0.1) is 5.60 Å². The summed E-state index contributed by atoms with van der Waals surface area (Å²) >= 11 is 0. The lowest BCUT2D eigenvalue weighted by Crippen LogP contribution is -2.38. The molecular formula is C14H29NO2. The fraction of sp³-hybridized carbons (Fsp3) is 1.00. The molecule has 1 fully saturated rings. The van der Waals surface area contributed by atoms with Gasteiger partial charge in [0, 0.05) is 20.3 Å². The summed E-state index contributed by atoms with van der Waals surface area (Å²) in [7, 11) is 1.73. The maximum absolute atomic E-state index is 10.8. The predicted molar refractivity (Wildman–Crippen MR) is 71.2 cm³/mol. The Morgan fingerprint density at radius 2 is 2.12 bits per heavy atom. The molecule has 1 rings (SSSR count). The lowest BCUT2D eigenvalue weighted by Gasteiger charge is -2.33. The van der Waals surface area contributed by atoms with Crippen LogP contribution in [0.2, 0.25) is 0 Å². The summed E-state index contributed by atoms with van der Waals surface area (Å²) in [5.41, 5.74) is -0.471. The van der Waals surface area contributed by atoms with Gasteiger partial charge >= 0.3 is 0 Å². The number of hydrogen-bond donors (Lipinski definition) is 1. The van der Waals surface area contributed by atoms with Crippen molar-refractivity contribution < 1.29 is 9.84 Å². The van der Waals surface area contributed by atoms with E-state index in [-0.39, 0.29) is 0 Å². The van der Waals surface area contributed by atoms with Crippen LogP contribution in [0.5, 0.6) is 0 Å². The fourth-order valence-corrected chi connectivity index (χ4v) is 2.79. The number of hydrogen-bond acceptors (Lipinski definition) is 3. The number of nitrogens with zero attached hydrogens (tertiary/aromatic N) is 1. The van der Waals surface area contributed by atoms with Gasteiger partial charge in [-0.2, -0.15) is 0 Å². The van der Waals surface area contributed by atoms with Crippen LogP contribution in [0.25, 0.3) is 0 Å². The molecule has 17 heavy (non-hydrogen) atoms. The van der Waals surface area contributed by atoms with Gasteiger partial charge in [-0.25, -0.2) is 0 Å². The summed E-state index contributed by atoms with van der Waals surface area (Å²) in [6, 6.07) is 0. The van der Waals surface area contributed by atoms with E-state index in [1.165, 1.54) is 13.0 Å². The summed E-state index contributed by atoms with van der Waals surface area (Å²) in [5, 5.41) is 10.8. The van der Waals surface area contributed by atoms with E-state index in [2.05, 4.69) is 18.7 Å². The predicted octanol–water partition coefficient (Wildman–Crippen LogP) is 2.29. The molecule has 1 heterocycles. The van der Waals surface area contributed by atoms with Gasteiger partial charge < -0.3 is 14.7 Å². The van der Waals surface area contributed by atoms with Crippen molar-refractivity contribution in [1.29, 1.82) is 0 Å². The van der Waals surface area contributed by atoms with Crippen LogP contribution in [0, 0.1) is 5.92 Å². The Morgan fingerprint density at radius 3 is 2.76 bits per heavy atom. The van der Waals surface area contributed by atoms with Gasteiger partial charge in [0.25, 0.3) is 0 Å². The molecule has 0 spiro atoms. The van der Waals surface area contributed by atoms with Crippen LogP contribution in [0.1, 0.15) is 46.0 Å². The van der Waals surface area contributed by atoms with Crippen molar-refractivity contribution in [3.05, 3.63) is 0 Å². The van der Waals surface area contributed by atoms with Gasteiger partial charge in [-0.1, -0.05) is 13.8 Å². The lowest BCUT2D eigenvalue weighted by molar-refractivity contribution is -0.0342. The van der Waals surface area contributed by atoms with E-state index < -0.39 is 5.60 Å². The van der Waals surface area contributed by atoms with Crippen LogP contribution in [-0.2, 0) is 4.74 Å².